The maximum absolute atomic E-state index is 11.7. The van der Waals surface area contributed by atoms with Gasteiger partial charge in [0, 0.05) is 0 Å². The minimum atomic E-state index is -1.21. The van der Waals surface area contributed by atoms with Crippen LogP contribution in [0, 0.1) is 0 Å². The number of hydrogen-bond acceptors (Lipinski definition) is 2. The fraction of sp³-hybridized carbons (Fsp3) is 0.0500. The third-order valence-corrected chi connectivity index (χ3v) is 4.22. The Morgan fingerprint density at radius 2 is 1.35 bits per heavy atom. The van der Waals surface area contributed by atoms with Crippen LogP contribution in [0.2, 0.25) is 0 Å². The summed E-state index contributed by atoms with van der Waals surface area (Å²) in [5.74, 6) is 0. The Morgan fingerprint density at radius 1 is 0.739 bits per heavy atom. The van der Waals surface area contributed by atoms with Crippen LogP contribution in [0.25, 0.3) is 11.0 Å². The molecule has 0 spiro atoms. The first kappa shape index (κ1) is 13.7. The van der Waals surface area contributed by atoms with Gasteiger partial charge in [-0.1, -0.05) is 66.7 Å². The molecule has 0 aliphatic rings. The summed E-state index contributed by atoms with van der Waals surface area (Å²) in [5, 5.41) is 11.7. The quantitative estimate of drug-likeness (QED) is 0.565. The van der Waals surface area contributed by atoms with Gasteiger partial charge in [-0.25, -0.2) is 4.98 Å². The highest BCUT2D eigenvalue weighted by molar-refractivity contribution is 5.76. The van der Waals surface area contributed by atoms with Crippen LogP contribution in [0.4, 0.5) is 0 Å². The highest BCUT2D eigenvalue weighted by Gasteiger charge is 2.33. The number of aliphatic hydroxyl groups is 1. The van der Waals surface area contributed by atoms with Gasteiger partial charge in [0.1, 0.15) is 5.60 Å². The first-order valence-corrected chi connectivity index (χ1v) is 7.55. The molecule has 23 heavy (non-hydrogen) atoms. The van der Waals surface area contributed by atoms with Crippen molar-refractivity contribution in [3.8, 4) is 0 Å². The smallest absolute Gasteiger partial charge is 0.140 e. The molecule has 112 valence electrons. The van der Waals surface area contributed by atoms with E-state index in [0.29, 0.717) is 0 Å². The zero-order valence-corrected chi connectivity index (χ0v) is 12.5. The fourth-order valence-corrected chi connectivity index (χ4v) is 3.02. The van der Waals surface area contributed by atoms with Gasteiger partial charge in [0.25, 0.3) is 0 Å². The molecule has 2 N–H and O–H groups in total. The monoisotopic (exact) mass is 300 g/mol. The van der Waals surface area contributed by atoms with Crippen molar-refractivity contribution in [3.63, 3.8) is 0 Å². The first-order valence-electron chi connectivity index (χ1n) is 7.55. The molecule has 0 bridgehead atoms. The van der Waals surface area contributed by atoms with Gasteiger partial charge in [-0.2, -0.15) is 0 Å². The molecule has 0 amide bonds. The summed E-state index contributed by atoms with van der Waals surface area (Å²) in [6, 6.07) is 25.3. The van der Waals surface area contributed by atoms with Crippen molar-refractivity contribution < 1.29 is 5.11 Å². The Labute approximate surface area is 134 Å². The fourth-order valence-electron chi connectivity index (χ4n) is 3.02. The van der Waals surface area contributed by atoms with Crippen molar-refractivity contribution in [1.82, 2.24) is 9.97 Å². The number of nitrogens with zero attached hydrogens (tertiary/aromatic N) is 1. The molecule has 0 unspecified atom stereocenters. The van der Waals surface area contributed by atoms with Crippen LogP contribution in [0.1, 0.15) is 16.7 Å². The van der Waals surface area contributed by atoms with E-state index in [1.807, 2.05) is 78.9 Å². The van der Waals surface area contributed by atoms with Gasteiger partial charge in [0.2, 0.25) is 0 Å². The topological polar surface area (TPSA) is 48.9 Å². The minimum Gasteiger partial charge on any atom is -0.376 e. The van der Waals surface area contributed by atoms with Crippen molar-refractivity contribution in [2.24, 2.45) is 0 Å². The zero-order valence-electron chi connectivity index (χ0n) is 12.5. The number of benzene rings is 3. The van der Waals surface area contributed by atoms with Crippen molar-refractivity contribution in [3.05, 3.63) is 102 Å². The summed E-state index contributed by atoms with van der Waals surface area (Å²) in [4.78, 5) is 7.36. The second-order valence-electron chi connectivity index (χ2n) is 5.58. The van der Waals surface area contributed by atoms with E-state index in [4.69, 9.17) is 0 Å². The third-order valence-electron chi connectivity index (χ3n) is 4.22. The zero-order chi connectivity index (χ0) is 15.7. The molecular formula is C20H16N2O. The van der Waals surface area contributed by atoms with E-state index in [0.717, 1.165) is 27.7 Å². The van der Waals surface area contributed by atoms with E-state index in [1.165, 1.54) is 0 Å². The number of fused-ring (bicyclic) bond motifs is 1. The molecule has 0 aliphatic carbocycles. The Hall–Kier alpha value is -2.91. The number of rotatable bonds is 3. The first-order chi connectivity index (χ1) is 11.3. The van der Waals surface area contributed by atoms with Gasteiger partial charge in [0.05, 0.1) is 17.4 Å². The Balaban J connectivity index is 1.98. The highest BCUT2D eigenvalue weighted by atomic mass is 16.3. The van der Waals surface area contributed by atoms with Crippen molar-refractivity contribution in [2.75, 3.05) is 0 Å². The number of imidazole rings is 1. The molecule has 1 aromatic heterocycles. The molecule has 0 fully saturated rings. The van der Waals surface area contributed by atoms with Crippen molar-refractivity contribution in [2.45, 2.75) is 5.60 Å². The molecule has 0 radical (unpaired) electrons. The molecule has 0 atom stereocenters. The maximum Gasteiger partial charge on any atom is 0.140 e. The van der Waals surface area contributed by atoms with E-state index in [2.05, 4.69) is 9.97 Å². The molecule has 4 aromatic rings. The van der Waals surface area contributed by atoms with E-state index in [-0.39, 0.29) is 0 Å². The predicted octanol–water partition coefficient (Wildman–Crippen LogP) is 3.85. The van der Waals surface area contributed by atoms with Crippen LogP contribution < -0.4 is 0 Å². The summed E-state index contributed by atoms with van der Waals surface area (Å²) in [5.41, 5.74) is 3.08. The molecule has 3 nitrogen and oxygen atoms in total. The summed E-state index contributed by atoms with van der Waals surface area (Å²) in [7, 11) is 0. The average Bonchev–Trinajstić information content (AvgIpc) is 3.10. The lowest BCUT2D eigenvalue weighted by Crippen LogP contribution is -2.28. The molecule has 3 heteroatoms. The van der Waals surface area contributed by atoms with Crippen LogP contribution in [0.3, 0.4) is 0 Å². The number of aromatic nitrogens is 2. The van der Waals surface area contributed by atoms with Gasteiger partial charge in [0.15, 0.2) is 0 Å². The number of H-pyrrole nitrogens is 1. The Bertz CT molecular complexity index is 890. The molecule has 3 aromatic carbocycles. The third kappa shape index (κ3) is 2.22. The summed E-state index contributed by atoms with van der Waals surface area (Å²) >= 11 is 0. The lowest BCUT2D eigenvalue weighted by atomic mass is 9.80. The number of nitrogens with one attached hydrogen (secondary N) is 1. The van der Waals surface area contributed by atoms with Crippen LogP contribution in [-0.2, 0) is 5.60 Å². The van der Waals surface area contributed by atoms with Gasteiger partial charge >= 0.3 is 0 Å². The van der Waals surface area contributed by atoms with E-state index in [1.54, 1.807) is 6.33 Å². The maximum atomic E-state index is 11.7. The van der Waals surface area contributed by atoms with Gasteiger partial charge in [-0.3, -0.25) is 0 Å². The van der Waals surface area contributed by atoms with Gasteiger partial charge in [-0.15, -0.1) is 0 Å². The van der Waals surface area contributed by atoms with Crippen LogP contribution in [0.5, 0.6) is 0 Å². The SMILES string of the molecule is OC(c1ccccc1)(c1ccccc1)c1ccc2nc[nH]c2c1. The summed E-state index contributed by atoms with van der Waals surface area (Å²) < 4.78 is 0. The second kappa shape index (κ2) is 5.38. The number of aromatic amines is 1. The van der Waals surface area contributed by atoms with Crippen LogP contribution >= 0.6 is 0 Å². The summed E-state index contributed by atoms with van der Waals surface area (Å²) in [6.45, 7) is 0. The average molecular weight is 300 g/mol. The van der Waals surface area contributed by atoms with Crippen molar-refractivity contribution in [1.29, 1.82) is 0 Å². The van der Waals surface area contributed by atoms with Gasteiger partial charge in [-0.05, 0) is 28.8 Å². The van der Waals surface area contributed by atoms with E-state index in [9.17, 15) is 5.11 Å². The minimum absolute atomic E-state index is 0.812. The molecule has 1 heterocycles. The van der Waals surface area contributed by atoms with Crippen molar-refractivity contribution >= 4 is 11.0 Å². The molecule has 4 rings (SSSR count). The Morgan fingerprint density at radius 3 is 1.96 bits per heavy atom. The Kier molecular flexibility index (Phi) is 3.21. The lowest BCUT2D eigenvalue weighted by Gasteiger charge is -2.30. The van der Waals surface area contributed by atoms with E-state index < -0.39 is 5.60 Å². The number of hydrogen-bond donors (Lipinski definition) is 2. The predicted molar refractivity (Wildman–Crippen MR) is 91.1 cm³/mol. The lowest BCUT2D eigenvalue weighted by molar-refractivity contribution is 0.126. The summed E-state index contributed by atoms with van der Waals surface area (Å²) in [6.07, 6.45) is 1.67. The molecule has 0 saturated carbocycles. The van der Waals surface area contributed by atoms with Crippen LogP contribution in [-0.4, -0.2) is 15.1 Å². The second-order valence-corrected chi connectivity index (χ2v) is 5.58. The molecule has 0 aliphatic heterocycles. The van der Waals surface area contributed by atoms with E-state index >= 15 is 0 Å². The standard InChI is InChI=1S/C20H16N2O/c23-20(15-7-3-1-4-8-15,16-9-5-2-6-10-16)17-11-12-18-19(13-17)22-14-21-18/h1-14,23H,(H,21,22). The molecule has 0 saturated heterocycles. The van der Waals surface area contributed by atoms with Crippen LogP contribution in [0.15, 0.2) is 85.2 Å². The molecular weight excluding hydrogens is 284 g/mol. The normalized spacial score (nSPS) is 11.7. The highest BCUT2D eigenvalue weighted by Crippen LogP contribution is 2.37. The largest absolute Gasteiger partial charge is 0.376 e. The van der Waals surface area contributed by atoms with Gasteiger partial charge < -0.3 is 10.1 Å².